The molecule has 0 radical (unpaired) electrons. The Labute approximate surface area is 322 Å². The summed E-state index contributed by atoms with van der Waals surface area (Å²) in [6, 6.07) is 69.6. The first-order chi connectivity index (χ1) is 27.0. The van der Waals surface area contributed by atoms with Gasteiger partial charge in [0.25, 0.3) is 0 Å². The van der Waals surface area contributed by atoms with Crippen LogP contribution in [0.5, 0.6) is 0 Å². The molecule has 9 aromatic rings. The van der Waals surface area contributed by atoms with Crippen LogP contribution >= 0.6 is 0 Å². The lowest BCUT2D eigenvalue weighted by Gasteiger charge is -2.22. The zero-order valence-corrected chi connectivity index (χ0v) is 30.9. The van der Waals surface area contributed by atoms with Crippen LogP contribution in [0.3, 0.4) is 0 Å². The molecule has 1 heterocycles. The van der Waals surface area contributed by atoms with E-state index in [-0.39, 0.29) is 5.41 Å². The Hall–Kier alpha value is -6.90. The molecule has 0 saturated carbocycles. The number of hydrogen-bond donors (Lipinski definition) is 0. The molecule has 0 atom stereocenters. The fourth-order valence-electron chi connectivity index (χ4n) is 8.35. The minimum atomic E-state index is -0.0877. The van der Waals surface area contributed by atoms with Crippen molar-refractivity contribution in [3.63, 3.8) is 0 Å². The van der Waals surface area contributed by atoms with Gasteiger partial charge in [-0.1, -0.05) is 184 Å². The maximum Gasteiger partial charge on any atom is 0.160 e. The third-order valence-electron chi connectivity index (χ3n) is 11.3. The topological polar surface area (TPSA) is 25.8 Å². The Kier molecular flexibility index (Phi) is 7.85. The van der Waals surface area contributed by atoms with Crippen molar-refractivity contribution in [2.75, 3.05) is 0 Å². The molecule has 0 N–H and O–H groups in total. The first-order valence-electron chi connectivity index (χ1n) is 19.0. The highest BCUT2D eigenvalue weighted by molar-refractivity contribution is 6.03. The van der Waals surface area contributed by atoms with Crippen LogP contribution in [0.15, 0.2) is 194 Å². The zero-order valence-electron chi connectivity index (χ0n) is 30.9. The van der Waals surface area contributed by atoms with Crippen LogP contribution < -0.4 is 0 Å². The van der Waals surface area contributed by atoms with E-state index >= 15 is 0 Å². The second kappa shape index (κ2) is 13.2. The Bertz CT molecular complexity index is 2870. The molecule has 0 unspecified atom stereocenters. The molecule has 0 amide bonds. The van der Waals surface area contributed by atoms with Crippen LogP contribution in [0.4, 0.5) is 0 Å². The molecule has 260 valence electrons. The first kappa shape index (κ1) is 32.7. The molecule has 1 aliphatic rings. The summed E-state index contributed by atoms with van der Waals surface area (Å²) in [5.74, 6) is 0.710. The summed E-state index contributed by atoms with van der Waals surface area (Å²) in [7, 11) is 0. The highest BCUT2D eigenvalue weighted by atomic mass is 14.9. The standard InChI is InChI=1S/C53H38N2/c1-53(2)47-30-28-37-15-9-10-22-45(37)51(47)46-29-27-43(33-48(46)53)41-19-11-18-40(31-41)42-20-12-21-44(32-42)50-34-49(54-52(55-50)39-16-7-4-8-17-39)38-25-23-36(24-26-38)35-13-5-3-6-14-35/h3-34H,1-2H3. The lowest BCUT2D eigenvalue weighted by molar-refractivity contribution is 0.661. The van der Waals surface area contributed by atoms with Gasteiger partial charge in [-0.3, -0.25) is 0 Å². The molecule has 0 spiro atoms. The molecule has 0 saturated heterocycles. The minimum absolute atomic E-state index is 0.0877. The monoisotopic (exact) mass is 702 g/mol. The first-order valence-corrected chi connectivity index (χ1v) is 19.0. The van der Waals surface area contributed by atoms with Crippen LogP contribution in [-0.2, 0) is 5.41 Å². The Morgan fingerprint density at radius 1 is 0.345 bits per heavy atom. The molecule has 2 nitrogen and oxygen atoms in total. The Morgan fingerprint density at radius 3 is 1.56 bits per heavy atom. The molecule has 55 heavy (non-hydrogen) atoms. The third kappa shape index (κ3) is 5.84. The molecular formula is C53H38N2. The summed E-state index contributed by atoms with van der Waals surface area (Å²) in [5, 5.41) is 2.62. The molecule has 8 aromatic carbocycles. The van der Waals surface area contributed by atoms with Crippen LogP contribution in [0, 0.1) is 0 Å². The smallest absolute Gasteiger partial charge is 0.160 e. The van der Waals surface area contributed by atoms with Gasteiger partial charge in [-0.25, -0.2) is 9.97 Å². The number of nitrogens with zero attached hydrogens (tertiary/aromatic N) is 2. The van der Waals surface area contributed by atoms with Crippen molar-refractivity contribution >= 4 is 10.8 Å². The predicted molar refractivity (Wildman–Crippen MR) is 230 cm³/mol. The zero-order chi connectivity index (χ0) is 36.9. The normalized spacial score (nSPS) is 12.7. The largest absolute Gasteiger partial charge is 0.228 e. The molecule has 0 bridgehead atoms. The van der Waals surface area contributed by atoms with Gasteiger partial charge in [-0.15, -0.1) is 0 Å². The van der Waals surface area contributed by atoms with Crippen molar-refractivity contribution in [3.05, 3.63) is 205 Å². The number of fused-ring (bicyclic) bond motifs is 5. The van der Waals surface area contributed by atoms with Crippen LogP contribution in [-0.4, -0.2) is 9.97 Å². The molecule has 2 heteroatoms. The quantitative estimate of drug-likeness (QED) is 0.172. The minimum Gasteiger partial charge on any atom is -0.228 e. The Balaban J connectivity index is 1.02. The van der Waals surface area contributed by atoms with Gasteiger partial charge in [0.2, 0.25) is 0 Å². The van der Waals surface area contributed by atoms with Gasteiger partial charge in [0, 0.05) is 22.1 Å². The maximum atomic E-state index is 5.14. The van der Waals surface area contributed by atoms with Gasteiger partial charge in [-0.05, 0) is 90.7 Å². The van der Waals surface area contributed by atoms with Gasteiger partial charge in [0.15, 0.2) is 5.82 Å². The summed E-state index contributed by atoms with van der Waals surface area (Å²) in [4.78, 5) is 10.2. The van der Waals surface area contributed by atoms with E-state index in [1.54, 1.807) is 0 Å². The SMILES string of the molecule is CC1(C)c2cc(-c3cccc(-c4cccc(-c5cc(-c6ccc(-c7ccccc7)cc6)nc(-c6ccccc6)n5)c4)c3)ccc2-c2c1ccc1ccccc21. The van der Waals surface area contributed by atoms with E-state index in [9.17, 15) is 0 Å². The lowest BCUT2D eigenvalue weighted by Crippen LogP contribution is -2.15. The summed E-state index contributed by atoms with van der Waals surface area (Å²) in [5.41, 5.74) is 17.4. The van der Waals surface area contributed by atoms with E-state index in [1.165, 1.54) is 60.8 Å². The van der Waals surface area contributed by atoms with Crippen LogP contribution in [0.25, 0.3) is 89.2 Å². The molecule has 0 aliphatic heterocycles. The third-order valence-corrected chi connectivity index (χ3v) is 11.3. The average molecular weight is 703 g/mol. The number of aromatic nitrogens is 2. The second-order valence-corrected chi connectivity index (χ2v) is 15.0. The van der Waals surface area contributed by atoms with Gasteiger partial charge in [0.05, 0.1) is 11.4 Å². The highest BCUT2D eigenvalue weighted by Crippen LogP contribution is 2.52. The second-order valence-electron chi connectivity index (χ2n) is 15.0. The van der Waals surface area contributed by atoms with E-state index in [0.717, 1.165) is 33.6 Å². The molecule has 1 aliphatic carbocycles. The maximum absolute atomic E-state index is 5.14. The molecule has 0 fully saturated rings. The number of hydrogen-bond acceptors (Lipinski definition) is 2. The fraction of sp³-hybridized carbons (Fsp3) is 0.0566. The van der Waals surface area contributed by atoms with Gasteiger partial charge in [-0.2, -0.15) is 0 Å². The summed E-state index contributed by atoms with van der Waals surface area (Å²) < 4.78 is 0. The van der Waals surface area contributed by atoms with Gasteiger partial charge in [0.1, 0.15) is 0 Å². The van der Waals surface area contributed by atoms with E-state index in [1.807, 2.05) is 24.3 Å². The van der Waals surface area contributed by atoms with Crippen molar-refractivity contribution in [1.82, 2.24) is 9.97 Å². The van der Waals surface area contributed by atoms with Crippen molar-refractivity contribution in [2.45, 2.75) is 19.3 Å². The lowest BCUT2D eigenvalue weighted by atomic mass is 9.81. The van der Waals surface area contributed by atoms with Crippen molar-refractivity contribution in [1.29, 1.82) is 0 Å². The molecule has 1 aromatic heterocycles. The summed E-state index contributed by atoms with van der Waals surface area (Å²) in [6.45, 7) is 4.72. The highest BCUT2D eigenvalue weighted by Gasteiger charge is 2.36. The summed E-state index contributed by atoms with van der Waals surface area (Å²) in [6.07, 6.45) is 0. The molecular weight excluding hydrogens is 665 g/mol. The van der Waals surface area contributed by atoms with Crippen LogP contribution in [0.1, 0.15) is 25.0 Å². The van der Waals surface area contributed by atoms with E-state index in [0.29, 0.717) is 5.82 Å². The van der Waals surface area contributed by atoms with Gasteiger partial charge < -0.3 is 0 Å². The fourth-order valence-corrected chi connectivity index (χ4v) is 8.35. The number of benzene rings is 8. The number of rotatable bonds is 6. The average Bonchev–Trinajstić information content (AvgIpc) is 3.49. The van der Waals surface area contributed by atoms with Crippen molar-refractivity contribution in [2.24, 2.45) is 0 Å². The predicted octanol–water partition coefficient (Wildman–Crippen LogP) is 13.9. The van der Waals surface area contributed by atoms with E-state index in [4.69, 9.17) is 9.97 Å². The van der Waals surface area contributed by atoms with Crippen molar-refractivity contribution in [3.8, 4) is 78.4 Å². The van der Waals surface area contributed by atoms with Crippen molar-refractivity contribution < 1.29 is 0 Å². The van der Waals surface area contributed by atoms with Crippen LogP contribution in [0.2, 0.25) is 0 Å². The Morgan fingerprint density at radius 2 is 0.855 bits per heavy atom. The molecule has 10 rings (SSSR count). The van der Waals surface area contributed by atoms with E-state index in [2.05, 4.69) is 184 Å². The summed E-state index contributed by atoms with van der Waals surface area (Å²) >= 11 is 0. The van der Waals surface area contributed by atoms with Gasteiger partial charge >= 0.3 is 0 Å². The van der Waals surface area contributed by atoms with E-state index < -0.39 is 0 Å².